The van der Waals surface area contributed by atoms with E-state index in [1.807, 2.05) is 60.7 Å². The van der Waals surface area contributed by atoms with E-state index < -0.39 is 5.79 Å². The summed E-state index contributed by atoms with van der Waals surface area (Å²) in [4.78, 5) is 0. The average molecular weight is 376 g/mol. The van der Waals surface area contributed by atoms with Gasteiger partial charge in [0.1, 0.15) is 12.1 Å². The lowest BCUT2D eigenvalue weighted by Gasteiger charge is -2.50. The maximum absolute atomic E-state index is 12.9. The molecule has 2 aliphatic heterocycles. The highest BCUT2D eigenvalue weighted by molar-refractivity contribution is 5.85. The largest absolute Gasteiger partial charge is 0.633 e. The Hall–Kier alpha value is -1.43. The fourth-order valence-electron chi connectivity index (χ4n) is 4.21. The molecule has 0 aromatic heterocycles. The number of hydrogen-bond donors (Lipinski definition) is 0. The monoisotopic (exact) mass is 375 g/mol. The van der Waals surface area contributed by atoms with E-state index in [0.29, 0.717) is 13.2 Å². The molecule has 0 saturated carbocycles. The number of halogens is 1. The molecule has 0 N–H and O–H groups in total. The van der Waals surface area contributed by atoms with Crippen molar-refractivity contribution in [3.63, 3.8) is 0 Å². The van der Waals surface area contributed by atoms with Crippen LogP contribution < -0.4 is 0 Å². The van der Waals surface area contributed by atoms with Gasteiger partial charge in [-0.1, -0.05) is 60.7 Å². The van der Waals surface area contributed by atoms with Crippen LogP contribution in [-0.4, -0.2) is 37.0 Å². The number of rotatable bonds is 3. The average Bonchev–Trinajstić information content (AvgIpc) is 3.09. The van der Waals surface area contributed by atoms with Crippen LogP contribution in [0.3, 0.4) is 0 Å². The zero-order chi connectivity index (χ0) is 17.3. The number of hydroxylamine groups is 3. The molecule has 4 nitrogen and oxygen atoms in total. The molecule has 2 fully saturated rings. The quantitative estimate of drug-likeness (QED) is 0.595. The van der Waals surface area contributed by atoms with Gasteiger partial charge in [-0.2, -0.15) is 0 Å². The van der Waals surface area contributed by atoms with Gasteiger partial charge in [0.05, 0.1) is 20.2 Å². The summed E-state index contributed by atoms with van der Waals surface area (Å²) in [6.07, 6.45) is 2.79. The topological polar surface area (TPSA) is 41.5 Å². The van der Waals surface area contributed by atoms with Gasteiger partial charge in [0.2, 0.25) is 5.79 Å². The van der Waals surface area contributed by atoms with Gasteiger partial charge in [0.15, 0.2) is 0 Å². The van der Waals surface area contributed by atoms with Crippen LogP contribution in [0.1, 0.15) is 30.4 Å². The van der Waals surface area contributed by atoms with Crippen molar-refractivity contribution in [1.29, 1.82) is 0 Å². The molecule has 0 bridgehead atoms. The van der Waals surface area contributed by atoms with Crippen LogP contribution in [0.5, 0.6) is 0 Å². The second-order valence-electron chi connectivity index (χ2n) is 7.28. The maximum Gasteiger partial charge on any atom is 0.223 e. The number of quaternary nitrogens is 1. The minimum atomic E-state index is -0.926. The van der Waals surface area contributed by atoms with Gasteiger partial charge >= 0.3 is 0 Å². The standard InChI is InChI=1S/C21H25NO3.ClH/c1-22(23)15-9-8-14-19(22)20-16-24-21(25-20,17-10-4-2-5-11-17)18-12-6-3-7-13-18;/h2-7,10-13,19-20H,8-9,14-16H2,1H3;1H/t19?,20-,22?;/m1./s1. The Morgan fingerprint density at radius 2 is 1.54 bits per heavy atom. The lowest BCUT2D eigenvalue weighted by molar-refractivity contribution is -0.895. The number of hydrogen-bond acceptors (Lipinski definition) is 3. The smallest absolute Gasteiger partial charge is 0.223 e. The lowest BCUT2D eigenvalue weighted by Crippen LogP contribution is -2.56. The first-order valence-electron chi connectivity index (χ1n) is 9.11. The Balaban J connectivity index is 0.00000196. The molecule has 2 aromatic carbocycles. The van der Waals surface area contributed by atoms with E-state index in [0.717, 1.165) is 30.4 Å². The van der Waals surface area contributed by atoms with Crippen LogP contribution in [0.2, 0.25) is 0 Å². The first kappa shape index (κ1) is 19.3. The third kappa shape index (κ3) is 3.40. The fourth-order valence-corrected chi connectivity index (χ4v) is 4.21. The SMILES string of the molecule is C[N+]1([O-])CCCCC1[C@H]1COC(c2ccccc2)(c2ccccc2)O1.Cl. The van der Waals surface area contributed by atoms with Gasteiger partial charge in [-0.15, -0.1) is 12.4 Å². The fraction of sp³-hybridized carbons (Fsp3) is 0.429. The number of ether oxygens (including phenoxy) is 2. The molecular weight excluding hydrogens is 350 g/mol. The van der Waals surface area contributed by atoms with Crippen molar-refractivity contribution in [3.05, 3.63) is 77.0 Å². The Morgan fingerprint density at radius 3 is 2.08 bits per heavy atom. The Bertz CT molecular complexity index is 668. The van der Waals surface area contributed by atoms with Gasteiger partial charge in [-0.3, -0.25) is 0 Å². The van der Waals surface area contributed by atoms with Gasteiger partial charge in [0.25, 0.3) is 0 Å². The lowest BCUT2D eigenvalue weighted by atomic mass is 9.96. The molecule has 0 spiro atoms. The number of benzene rings is 2. The van der Waals surface area contributed by atoms with Crippen molar-refractivity contribution in [2.45, 2.75) is 37.2 Å². The second-order valence-corrected chi connectivity index (χ2v) is 7.28. The normalized spacial score (nSPS) is 30.5. The van der Waals surface area contributed by atoms with E-state index in [2.05, 4.69) is 0 Å². The van der Waals surface area contributed by atoms with Crippen molar-refractivity contribution in [2.75, 3.05) is 20.2 Å². The molecule has 26 heavy (non-hydrogen) atoms. The highest BCUT2D eigenvalue weighted by Gasteiger charge is 2.50. The predicted molar refractivity (Wildman–Crippen MR) is 104 cm³/mol. The van der Waals surface area contributed by atoms with E-state index in [1.165, 1.54) is 0 Å². The molecule has 5 heteroatoms. The minimum absolute atomic E-state index is 0. The van der Waals surface area contributed by atoms with Crippen LogP contribution in [-0.2, 0) is 15.3 Å². The molecule has 2 aromatic rings. The summed E-state index contributed by atoms with van der Waals surface area (Å²) >= 11 is 0. The molecule has 2 unspecified atom stereocenters. The van der Waals surface area contributed by atoms with Crippen molar-refractivity contribution in [1.82, 2.24) is 0 Å². The van der Waals surface area contributed by atoms with E-state index in [-0.39, 0.29) is 29.2 Å². The number of piperidine rings is 1. The molecule has 140 valence electrons. The summed E-state index contributed by atoms with van der Waals surface area (Å²) < 4.78 is 12.6. The minimum Gasteiger partial charge on any atom is -0.633 e. The molecule has 0 radical (unpaired) electrons. The predicted octanol–water partition coefficient (Wildman–Crippen LogP) is 4.22. The van der Waals surface area contributed by atoms with Crippen LogP contribution in [0, 0.1) is 5.21 Å². The van der Waals surface area contributed by atoms with Crippen LogP contribution in [0.15, 0.2) is 60.7 Å². The van der Waals surface area contributed by atoms with Gasteiger partial charge in [-0.25, -0.2) is 0 Å². The second kappa shape index (κ2) is 7.67. The van der Waals surface area contributed by atoms with Crippen molar-refractivity contribution >= 4 is 12.4 Å². The third-order valence-corrected chi connectivity index (χ3v) is 5.56. The molecule has 2 aliphatic rings. The van der Waals surface area contributed by atoms with Crippen LogP contribution >= 0.6 is 12.4 Å². The zero-order valence-electron chi connectivity index (χ0n) is 15.0. The summed E-state index contributed by atoms with van der Waals surface area (Å²) in [6, 6.07) is 20.0. The Labute approximate surface area is 161 Å². The summed E-state index contributed by atoms with van der Waals surface area (Å²) in [6.45, 7) is 1.11. The summed E-state index contributed by atoms with van der Waals surface area (Å²) in [7, 11) is 1.78. The Morgan fingerprint density at radius 1 is 0.962 bits per heavy atom. The van der Waals surface area contributed by atoms with E-state index in [1.54, 1.807) is 7.05 Å². The first-order valence-corrected chi connectivity index (χ1v) is 9.11. The van der Waals surface area contributed by atoms with Crippen LogP contribution in [0.4, 0.5) is 0 Å². The number of nitrogens with zero attached hydrogens (tertiary/aromatic N) is 1. The molecule has 2 heterocycles. The Kier molecular flexibility index (Phi) is 5.70. The van der Waals surface area contributed by atoms with Crippen molar-refractivity contribution in [2.24, 2.45) is 0 Å². The summed E-state index contributed by atoms with van der Waals surface area (Å²) in [5, 5.41) is 12.9. The zero-order valence-corrected chi connectivity index (χ0v) is 15.9. The van der Waals surface area contributed by atoms with E-state index in [4.69, 9.17) is 9.47 Å². The first-order chi connectivity index (χ1) is 12.1. The number of likely N-dealkylation sites (N-methyl/N-ethyl adjacent to an activating group) is 1. The van der Waals surface area contributed by atoms with E-state index >= 15 is 0 Å². The van der Waals surface area contributed by atoms with E-state index in [9.17, 15) is 5.21 Å². The van der Waals surface area contributed by atoms with Crippen LogP contribution in [0.25, 0.3) is 0 Å². The van der Waals surface area contributed by atoms with Crippen molar-refractivity contribution in [3.8, 4) is 0 Å². The summed E-state index contributed by atoms with van der Waals surface area (Å²) in [5.41, 5.74) is 1.94. The van der Waals surface area contributed by atoms with Crippen molar-refractivity contribution < 1.29 is 14.1 Å². The maximum atomic E-state index is 12.9. The molecule has 3 atom stereocenters. The highest BCUT2D eigenvalue weighted by Crippen LogP contribution is 2.43. The van der Waals surface area contributed by atoms with Gasteiger partial charge in [-0.05, 0) is 12.8 Å². The molecule has 4 rings (SSSR count). The van der Waals surface area contributed by atoms with Gasteiger partial charge in [0, 0.05) is 17.5 Å². The molecule has 0 amide bonds. The molecule has 0 aliphatic carbocycles. The highest BCUT2D eigenvalue weighted by atomic mass is 35.5. The molecular formula is C21H26ClNO3. The van der Waals surface area contributed by atoms with Gasteiger partial charge < -0.3 is 19.3 Å². The summed E-state index contributed by atoms with van der Waals surface area (Å²) in [5.74, 6) is -0.926. The third-order valence-electron chi connectivity index (χ3n) is 5.56. The number of likely N-dealkylation sites (tertiary alicyclic amines) is 1. The molecule has 2 saturated heterocycles.